The molecule has 0 radical (unpaired) electrons. The molecule has 2 heterocycles. The van der Waals surface area contributed by atoms with Gasteiger partial charge in [-0.2, -0.15) is 13.2 Å². The van der Waals surface area contributed by atoms with Crippen LogP contribution in [-0.2, 0) is 6.18 Å². The number of aliphatic hydroxyl groups is 1. The molecule has 0 amide bonds. The molecule has 1 aliphatic rings. The SMILES string of the molecule is CCCN1CC(O)[N+]([O-])(c2nnc(C(F)(F)F)s2)C1. The summed E-state index contributed by atoms with van der Waals surface area (Å²) in [5.41, 5.74) is 0. The highest BCUT2D eigenvalue weighted by molar-refractivity contribution is 7.15. The van der Waals surface area contributed by atoms with E-state index in [-0.39, 0.29) is 29.7 Å². The molecule has 1 saturated heterocycles. The Morgan fingerprint density at radius 2 is 2.21 bits per heavy atom. The first-order valence-corrected chi connectivity index (χ1v) is 6.49. The maximum absolute atomic E-state index is 12.4. The lowest BCUT2D eigenvalue weighted by Gasteiger charge is -2.36. The molecule has 0 spiro atoms. The monoisotopic (exact) mass is 298 g/mol. The van der Waals surface area contributed by atoms with Gasteiger partial charge in [-0.15, -0.1) is 5.10 Å². The molecule has 2 unspecified atom stereocenters. The van der Waals surface area contributed by atoms with Crippen molar-refractivity contribution in [2.24, 2.45) is 0 Å². The van der Waals surface area contributed by atoms with Gasteiger partial charge >= 0.3 is 11.3 Å². The number of alkyl halides is 3. The molecule has 1 aliphatic heterocycles. The Kier molecular flexibility index (Phi) is 3.80. The molecule has 0 bridgehead atoms. The topological polar surface area (TPSA) is 72.3 Å². The van der Waals surface area contributed by atoms with Crippen molar-refractivity contribution in [3.05, 3.63) is 10.2 Å². The van der Waals surface area contributed by atoms with E-state index in [9.17, 15) is 23.5 Å². The Labute approximate surface area is 111 Å². The second kappa shape index (κ2) is 4.94. The van der Waals surface area contributed by atoms with E-state index >= 15 is 0 Å². The van der Waals surface area contributed by atoms with Gasteiger partial charge < -0.3 is 10.3 Å². The predicted molar refractivity (Wildman–Crippen MR) is 62.8 cm³/mol. The molecule has 10 heteroatoms. The van der Waals surface area contributed by atoms with E-state index in [1.807, 2.05) is 6.92 Å². The summed E-state index contributed by atoms with van der Waals surface area (Å²) in [6.07, 6.45) is -5.17. The largest absolute Gasteiger partial charge is 0.623 e. The molecule has 0 aromatic carbocycles. The lowest BCUT2D eigenvalue weighted by Crippen LogP contribution is -2.48. The molecule has 0 aliphatic carbocycles. The van der Waals surface area contributed by atoms with Crippen LogP contribution in [0.15, 0.2) is 0 Å². The van der Waals surface area contributed by atoms with Gasteiger partial charge in [-0.3, -0.25) is 4.65 Å². The van der Waals surface area contributed by atoms with Crippen LogP contribution in [0.2, 0.25) is 0 Å². The summed E-state index contributed by atoms with van der Waals surface area (Å²) in [4.78, 5) is 1.70. The van der Waals surface area contributed by atoms with Gasteiger partial charge in [0.05, 0.1) is 6.54 Å². The second-order valence-electron chi connectivity index (χ2n) is 4.38. The van der Waals surface area contributed by atoms with E-state index < -0.39 is 22.1 Å². The second-order valence-corrected chi connectivity index (χ2v) is 5.34. The number of nitrogens with zero attached hydrogens (tertiary/aromatic N) is 4. The molecule has 19 heavy (non-hydrogen) atoms. The Bertz CT molecular complexity index is 455. The van der Waals surface area contributed by atoms with Crippen molar-refractivity contribution in [2.45, 2.75) is 25.7 Å². The Balaban J connectivity index is 2.23. The van der Waals surface area contributed by atoms with Crippen molar-refractivity contribution in [3.8, 4) is 0 Å². The average Bonchev–Trinajstić information content (AvgIpc) is 2.86. The number of hydroxylamine groups is 2. The first-order valence-electron chi connectivity index (χ1n) is 5.68. The number of aromatic nitrogens is 2. The summed E-state index contributed by atoms with van der Waals surface area (Å²) in [7, 11) is 0. The lowest BCUT2D eigenvalue weighted by atomic mass is 10.4. The Hall–Kier alpha value is -0.810. The van der Waals surface area contributed by atoms with Crippen molar-refractivity contribution in [1.29, 1.82) is 0 Å². The van der Waals surface area contributed by atoms with Crippen molar-refractivity contribution >= 4 is 16.5 Å². The molecule has 1 N–H and O–H groups in total. The van der Waals surface area contributed by atoms with Gasteiger partial charge in [0.1, 0.15) is 6.67 Å². The van der Waals surface area contributed by atoms with Crippen molar-refractivity contribution in [1.82, 2.24) is 19.7 Å². The minimum absolute atomic E-state index is 0.110. The van der Waals surface area contributed by atoms with Crippen LogP contribution in [0.3, 0.4) is 0 Å². The molecule has 6 nitrogen and oxygen atoms in total. The fraction of sp³-hybridized carbons (Fsp3) is 0.778. The van der Waals surface area contributed by atoms with Gasteiger partial charge in [-0.25, -0.2) is 4.90 Å². The van der Waals surface area contributed by atoms with Crippen LogP contribution < -0.4 is 4.65 Å². The molecule has 1 aromatic rings. The summed E-state index contributed by atoms with van der Waals surface area (Å²) in [5, 5.41) is 27.0. The van der Waals surface area contributed by atoms with Gasteiger partial charge in [0.25, 0.3) is 0 Å². The number of rotatable bonds is 3. The van der Waals surface area contributed by atoms with Crippen LogP contribution in [-0.4, -0.2) is 46.2 Å². The summed E-state index contributed by atoms with van der Waals surface area (Å²) < 4.78 is 36.0. The standard InChI is InChI=1S/C9H13F3N4O2S/c1-2-3-15-4-6(17)16(18,5-15)8-14-13-7(19-8)9(10,11)12/h6,17H,2-5H2,1H3. The van der Waals surface area contributed by atoms with Crippen LogP contribution >= 0.6 is 11.3 Å². The fourth-order valence-corrected chi connectivity index (χ4v) is 2.75. The summed E-state index contributed by atoms with van der Waals surface area (Å²) in [6, 6.07) is 0. The molecular weight excluding hydrogens is 285 g/mol. The predicted octanol–water partition coefficient (Wildman–Crippen LogP) is 1.36. The highest BCUT2D eigenvalue weighted by Gasteiger charge is 2.45. The number of β-amino-alcohol motifs (C(OH)–C–C–N with tert-alkyl or cyclic N) is 1. The number of quaternary nitrogens is 1. The highest BCUT2D eigenvalue weighted by atomic mass is 32.1. The van der Waals surface area contributed by atoms with Gasteiger partial charge in [0, 0.05) is 6.54 Å². The van der Waals surface area contributed by atoms with Gasteiger partial charge in [0.15, 0.2) is 0 Å². The van der Waals surface area contributed by atoms with Crippen LogP contribution in [0.4, 0.5) is 18.3 Å². The zero-order valence-corrected chi connectivity index (χ0v) is 10.9. The fourth-order valence-electron chi connectivity index (χ4n) is 1.96. The third kappa shape index (κ3) is 2.72. The third-order valence-electron chi connectivity index (χ3n) is 2.83. The maximum Gasteiger partial charge on any atom is 0.445 e. The summed E-state index contributed by atoms with van der Waals surface area (Å²) >= 11 is 0.186. The van der Waals surface area contributed by atoms with Gasteiger partial charge in [-0.05, 0) is 17.8 Å². The van der Waals surface area contributed by atoms with Crippen molar-refractivity contribution in [2.75, 3.05) is 19.8 Å². The van der Waals surface area contributed by atoms with Gasteiger partial charge in [-0.1, -0.05) is 12.0 Å². The quantitative estimate of drug-likeness (QED) is 0.674. The average molecular weight is 298 g/mol. The minimum atomic E-state index is -4.62. The van der Waals surface area contributed by atoms with E-state index in [4.69, 9.17) is 0 Å². The maximum atomic E-state index is 12.4. The van der Waals surface area contributed by atoms with Gasteiger partial charge in [0.2, 0.25) is 11.2 Å². The summed E-state index contributed by atoms with van der Waals surface area (Å²) in [5.74, 6) is 0. The molecule has 1 aromatic heterocycles. The molecular formula is C9H13F3N4O2S. The number of aliphatic hydroxyl groups excluding tert-OH is 1. The van der Waals surface area contributed by atoms with E-state index in [0.29, 0.717) is 6.54 Å². The zero-order valence-electron chi connectivity index (χ0n) is 10.1. The highest BCUT2D eigenvalue weighted by Crippen LogP contribution is 2.38. The van der Waals surface area contributed by atoms with Crippen molar-refractivity contribution in [3.63, 3.8) is 0 Å². The van der Waals surface area contributed by atoms with Crippen LogP contribution in [0.1, 0.15) is 18.4 Å². The molecule has 1 fully saturated rings. The minimum Gasteiger partial charge on any atom is -0.623 e. The van der Waals surface area contributed by atoms with Crippen LogP contribution in [0.5, 0.6) is 0 Å². The Morgan fingerprint density at radius 3 is 2.74 bits per heavy atom. The summed E-state index contributed by atoms with van der Waals surface area (Å²) in [6.45, 7) is 2.53. The van der Waals surface area contributed by atoms with E-state index in [0.717, 1.165) is 6.42 Å². The molecule has 2 atom stereocenters. The zero-order chi connectivity index (χ0) is 14.3. The number of hydrogen-bond acceptors (Lipinski definition) is 6. The third-order valence-corrected chi connectivity index (χ3v) is 3.91. The van der Waals surface area contributed by atoms with Crippen LogP contribution in [0.25, 0.3) is 0 Å². The smallest absolute Gasteiger partial charge is 0.445 e. The number of hydrogen-bond donors (Lipinski definition) is 1. The van der Waals surface area contributed by atoms with E-state index in [2.05, 4.69) is 10.2 Å². The van der Waals surface area contributed by atoms with Crippen molar-refractivity contribution < 1.29 is 18.3 Å². The van der Waals surface area contributed by atoms with E-state index in [1.165, 1.54) is 0 Å². The molecule has 2 rings (SSSR count). The first-order chi connectivity index (χ1) is 8.77. The first kappa shape index (κ1) is 14.6. The van der Waals surface area contributed by atoms with Crippen LogP contribution in [0, 0.1) is 5.21 Å². The Morgan fingerprint density at radius 1 is 1.53 bits per heavy atom. The van der Waals surface area contributed by atoms with E-state index in [1.54, 1.807) is 4.90 Å². The molecule has 108 valence electrons. The molecule has 0 saturated carbocycles. The number of halogens is 3. The lowest BCUT2D eigenvalue weighted by molar-refractivity contribution is -0.138. The normalized spacial score (nSPS) is 29.1.